The van der Waals surface area contributed by atoms with Crippen molar-refractivity contribution in [2.24, 2.45) is 5.92 Å². The number of nitrogens with zero attached hydrogens (tertiary/aromatic N) is 3. The van der Waals surface area contributed by atoms with Crippen LogP contribution in [0.1, 0.15) is 6.92 Å². The van der Waals surface area contributed by atoms with Gasteiger partial charge in [0.2, 0.25) is 0 Å². The van der Waals surface area contributed by atoms with Crippen molar-refractivity contribution in [2.45, 2.75) is 6.92 Å². The van der Waals surface area contributed by atoms with E-state index in [-0.39, 0.29) is 6.03 Å². The van der Waals surface area contributed by atoms with Crippen LogP contribution >= 0.6 is 0 Å². The normalized spacial score (nSPS) is 19.6. The Labute approximate surface area is 118 Å². The van der Waals surface area contributed by atoms with Gasteiger partial charge in [0.05, 0.1) is 18.9 Å². The molecule has 3 rings (SSSR count). The number of urea groups is 1. The van der Waals surface area contributed by atoms with Crippen molar-refractivity contribution in [2.75, 3.05) is 49.6 Å². The molecule has 1 aromatic rings. The van der Waals surface area contributed by atoms with Crippen LogP contribution in [0, 0.1) is 5.92 Å². The maximum Gasteiger partial charge on any atom is 0.321 e. The molecule has 6 nitrogen and oxygen atoms in total. The van der Waals surface area contributed by atoms with E-state index in [2.05, 4.69) is 22.1 Å². The summed E-state index contributed by atoms with van der Waals surface area (Å²) < 4.78 is 5.35. The van der Waals surface area contributed by atoms with Crippen molar-refractivity contribution in [3.63, 3.8) is 0 Å². The van der Waals surface area contributed by atoms with Gasteiger partial charge in [0.25, 0.3) is 0 Å². The minimum atomic E-state index is -0.0365. The molecule has 0 bridgehead atoms. The largest absolute Gasteiger partial charge is 0.378 e. The van der Waals surface area contributed by atoms with Crippen LogP contribution in [0.5, 0.6) is 0 Å². The van der Waals surface area contributed by atoms with E-state index >= 15 is 0 Å². The van der Waals surface area contributed by atoms with Crippen LogP contribution in [-0.4, -0.2) is 55.3 Å². The minimum absolute atomic E-state index is 0.0365. The molecule has 0 spiro atoms. The first-order valence-corrected chi connectivity index (χ1v) is 7.07. The third-order valence-electron chi connectivity index (χ3n) is 3.69. The molecule has 0 saturated carbocycles. The quantitative estimate of drug-likeness (QED) is 0.887. The zero-order valence-electron chi connectivity index (χ0n) is 11.7. The Morgan fingerprint density at radius 3 is 2.85 bits per heavy atom. The van der Waals surface area contributed by atoms with E-state index in [0.717, 1.165) is 37.7 Å². The van der Waals surface area contributed by atoms with E-state index in [1.807, 2.05) is 17.0 Å². The van der Waals surface area contributed by atoms with Gasteiger partial charge in [-0.05, 0) is 18.1 Å². The van der Waals surface area contributed by atoms with E-state index in [9.17, 15) is 4.79 Å². The van der Waals surface area contributed by atoms with E-state index in [0.29, 0.717) is 19.1 Å². The number of rotatable bonds is 2. The molecule has 3 heterocycles. The lowest BCUT2D eigenvalue weighted by Gasteiger charge is -2.37. The number of carbonyl (C=O) groups excluding carboxylic acids is 1. The van der Waals surface area contributed by atoms with Crippen molar-refractivity contribution >= 4 is 17.5 Å². The van der Waals surface area contributed by atoms with Crippen LogP contribution in [-0.2, 0) is 4.74 Å². The maximum absolute atomic E-state index is 12.1. The molecule has 20 heavy (non-hydrogen) atoms. The Kier molecular flexibility index (Phi) is 3.73. The molecule has 0 unspecified atom stereocenters. The average molecular weight is 276 g/mol. The molecule has 0 atom stereocenters. The highest BCUT2D eigenvalue weighted by Gasteiger charge is 2.28. The molecule has 2 aliphatic heterocycles. The van der Waals surface area contributed by atoms with Gasteiger partial charge < -0.3 is 19.9 Å². The molecule has 0 aliphatic carbocycles. The number of nitrogens with one attached hydrogen (secondary N) is 1. The molecule has 2 fully saturated rings. The lowest BCUT2D eigenvalue weighted by Crippen LogP contribution is -2.50. The number of ether oxygens (including phenoxy) is 1. The number of aromatic nitrogens is 1. The third-order valence-corrected chi connectivity index (χ3v) is 3.69. The third kappa shape index (κ3) is 2.70. The summed E-state index contributed by atoms with van der Waals surface area (Å²) in [6.45, 7) is 6.83. The van der Waals surface area contributed by atoms with E-state index in [1.165, 1.54) is 0 Å². The summed E-state index contributed by atoms with van der Waals surface area (Å²) in [5.41, 5.74) is 0.777. The first-order chi connectivity index (χ1) is 9.74. The molecule has 1 N–H and O–H groups in total. The Balaban J connectivity index is 1.70. The first-order valence-electron chi connectivity index (χ1n) is 7.07. The van der Waals surface area contributed by atoms with Crippen LogP contribution in [0.25, 0.3) is 0 Å². The summed E-state index contributed by atoms with van der Waals surface area (Å²) in [5, 5.41) is 2.97. The number of likely N-dealkylation sites (tertiary alicyclic amines) is 1. The van der Waals surface area contributed by atoms with Crippen LogP contribution in [0.15, 0.2) is 18.3 Å². The Morgan fingerprint density at radius 1 is 1.40 bits per heavy atom. The summed E-state index contributed by atoms with van der Waals surface area (Å²) in [4.78, 5) is 20.5. The predicted octanol–water partition coefficient (Wildman–Crippen LogP) is 1.40. The van der Waals surface area contributed by atoms with Crippen molar-refractivity contribution in [3.05, 3.63) is 18.3 Å². The summed E-state index contributed by atoms with van der Waals surface area (Å²) in [5.74, 6) is 1.44. The van der Waals surface area contributed by atoms with Gasteiger partial charge in [0, 0.05) is 32.4 Å². The van der Waals surface area contributed by atoms with Gasteiger partial charge in [-0.3, -0.25) is 0 Å². The fourth-order valence-electron chi connectivity index (χ4n) is 2.58. The Bertz CT molecular complexity index is 482. The number of carbonyl (C=O) groups is 1. The lowest BCUT2D eigenvalue weighted by molar-refractivity contribution is 0.122. The van der Waals surface area contributed by atoms with Crippen molar-refractivity contribution < 1.29 is 9.53 Å². The number of morpholine rings is 1. The molecule has 2 aliphatic rings. The smallest absolute Gasteiger partial charge is 0.321 e. The molecule has 1 aromatic heterocycles. The predicted molar refractivity (Wildman–Crippen MR) is 77.0 cm³/mol. The zero-order valence-corrected chi connectivity index (χ0v) is 11.7. The van der Waals surface area contributed by atoms with Crippen LogP contribution in [0.3, 0.4) is 0 Å². The molecular weight excluding hydrogens is 256 g/mol. The Morgan fingerprint density at radius 2 is 2.15 bits per heavy atom. The number of pyridine rings is 1. The fourth-order valence-corrected chi connectivity index (χ4v) is 2.58. The summed E-state index contributed by atoms with van der Waals surface area (Å²) in [7, 11) is 0. The van der Waals surface area contributed by atoms with Crippen molar-refractivity contribution in [3.8, 4) is 0 Å². The summed E-state index contributed by atoms with van der Waals surface area (Å²) >= 11 is 0. The van der Waals surface area contributed by atoms with Gasteiger partial charge in [-0.25, -0.2) is 9.78 Å². The van der Waals surface area contributed by atoms with Gasteiger partial charge in [-0.2, -0.15) is 0 Å². The topological polar surface area (TPSA) is 57.7 Å². The molecule has 2 saturated heterocycles. The molecule has 6 heteroatoms. The van der Waals surface area contributed by atoms with Crippen molar-refractivity contribution in [1.29, 1.82) is 0 Å². The summed E-state index contributed by atoms with van der Waals surface area (Å²) in [6.07, 6.45) is 1.76. The van der Waals surface area contributed by atoms with Gasteiger partial charge in [-0.1, -0.05) is 6.92 Å². The minimum Gasteiger partial charge on any atom is -0.378 e. The lowest BCUT2D eigenvalue weighted by atomic mass is 10.0. The van der Waals surface area contributed by atoms with Gasteiger partial charge in [0.1, 0.15) is 0 Å². The fraction of sp³-hybridized carbons (Fsp3) is 0.571. The van der Waals surface area contributed by atoms with E-state index in [4.69, 9.17) is 4.74 Å². The Hall–Kier alpha value is -1.82. The maximum atomic E-state index is 12.1. The second-order valence-electron chi connectivity index (χ2n) is 5.41. The highest BCUT2D eigenvalue weighted by molar-refractivity contribution is 5.92. The number of amides is 2. The second kappa shape index (κ2) is 5.66. The van der Waals surface area contributed by atoms with Crippen LogP contribution < -0.4 is 10.2 Å². The standard InChI is InChI=1S/C14H20N4O2/c1-11-9-18(10-11)14(19)16-12-3-2-4-15-13(12)17-5-7-20-8-6-17/h2-4,11H,5-10H2,1H3,(H,16,19). The first kappa shape index (κ1) is 13.2. The molecular formula is C14H20N4O2. The monoisotopic (exact) mass is 276 g/mol. The molecule has 0 aromatic carbocycles. The average Bonchev–Trinajstić information content (AvgIpc) is 2.45. The molecule has 2 amide bonds. The highest BCUT2D eigenvalue weighted by atomic mass is 16.5. The van der Waals surface area contributed by atoms with E-state index in [1.54, 1.807) is 6.20 Å². The van der Waals surface area contributed by atoms with E-state index < -0.39 is 0 Å². The summed E-state index contributed by atoms with van der Waals surface area (Å²) in [6, 6.07) is 3.71. The number of hydrogen-bond acceptors (Lipinski definition) is 4. The number of hydrogen-bond donors (Lipinski definition) is 1. The zero-order chi connectivity index (χ0) is 13.9. The highest BCUT2D eigenvalue weighted by Crippen LogP contribution is 2.25. The molecule has 108 valence electrons. The second-order valence-corrected chi connectivity index (χ2v) is 5.41. The van der Waals surface area contributed by atoms with Gasteiger partial charge in [0.15, 0.2) is 5.82 Å². The van der Waals surface area contributed by atoms with Gasteiger partial charge >= 0.3 is 6.03 Å². The number of anilines is 2. The van der Waals surface area contributed by atoms with Crippen LogP contribution in [0.2, 0.25) is 0 Å². The van der Waals surface area contributed by atoms with Crippen molar-refractivity contribution in [1.82, 2.24) is 9.88 Å². The van der Waals surface area contributed by atoms with Gasteiger partial charge in [-0.15, -0.1) is 0 Å². The van der Waals surface area contributed by atoms with Crippen LogP contribution in [0.4, 0.5) is 16.3 Å². The SMILES string of the molecule is CC1CN(C(=O)Nc2cccnc2N2CCOCC2)C1. The molecule has 0 radical (unpaired) electrons.